The maximum atomic E-state index is 13.6. The number of thioether (sulfide) groups is 1. The first kappa shape index (κ1) is 22.4. The lowest BCUT2D eigenvalue weighted by Gasteiger charge is -2.13. The van der Waals surface area contributed by atoms with Gasteiger partial charge in [-0.2, -0.15) is 0 Å². The van der Waals surface area contributed by atoms with Crippen molar-refractivity contribution >= 4 is 50.9 Å². The molecule has 0 aliphatic heterocycles. The van der Waals surface area contributed by atoms with Crippen LogP contribution in [0.5, 0.6) is 0 Å². The number of amides is 1. The molecule has 0 bridgehead atoms. The standard InChI is InChI=1S/C25H21N3O4S2/c1-32-24(31)16-6-5-7-17(12-16)26-20(29)14-34-25-27-22-21(19(13-33-22)15-10-11-15)23(30)28(25)18-8-3-2-4-9-18/h2-9,12-13,15H,10-11,14H2,1H3,(H,26,29). The van der Waals surface area contributed by atoms with E-state index in [1.54, 1.807) is 28.8 Å². The molecule has 0 spiro atoms. The first-order chi connectivity index (χ1) is 16.5. The van der Waals surface area contributed by atoms with E-state index in [4.69, 9.17) is 9.72 Å². The zero-order valence-electron chi connectivity index (χ0n) is 18.3. The molecule has 2 heterocycles. The number of carbonyl (C=O) groups excluding carboxylic acids is 2. The minimum atomic E-state index is -0.476. The number of ether oxygens (including phenoxy) is 1. The van der Waals surface area contributed by atoms with Gasteiger partial charge in [-0.05, 0) is 60.0 Å². The van der Waals surface area contributed by atoms with Gasteiger partial charge < -0.3 is 10.1 Å². The third kappa shape index (κ3) is 4.49. The fourth-order valence-electron chi connectivity index (χ4n) is 3.76. The van der Waals surface area contributed by atoms with Gasteiger partial charge >= 0.3 is 5.97 Å². The lowest BCUT2D eigenvalue weighted by atomic mass is 10.1. The predicted octanol–water partition coefficient (Wildman–Crippen LogP) is 4.84. The smallest absolute Gasteiger partial charge is 0.337 e. The highest BCUT2D eigenvalue weighted by molar-refractivity contribution is 7.99. The third-order valence-electron chi connectivity index (χ3n) is 5.54. The molecule has 1 saturated carbocycles. The van der Waals surface area contributed by atoms with Crippen molar-refractivity contribution in [3.8, 4) is 5.69 Å². The molecule has 1 N–H and O–H groups in total. The second-order valence-electron chi connectivity index (χ2n) is 7.93. The zero-order chi connectivity index (χ0) is 23.7. The number of para-hydroxylation sites is 1. The molecule has 1 fully saturated rings. The molecular formula is C25H21N3O4S2. The number of rotatable bonds is 7. The van der Waals surface area contributed by atoms with E-state index in [2.05, 4.69) is 5.32 Å². The van der Waals surface area contributed by atoms with Crippen molar-refractivity contribution < 1.29 is 14.3 Å². The SMILES string of the molecule is COC(=O)c1cccc(NC(=O)CSc2nc3scc(C4CC4)c3c(=O)n2-c2ccccc2)c1. The van der Waals surface area contributed by atoms with Crippen LogP contribution in [0.4, 0.5) is 5.69 Å². The summed E-state index contributed by atoms with van der Waals surface area (Å²) in [6, 6.07) is 15.9. The summed E-state index contributed by atoms with van der Waals surface area (Å²) in [5.74, 6) is -0.256. The Kier molecular flexibility index (Phi) is 6.21. The highest BCUT2D eigenvalue weighted by atomic mass is 32.2. The number of nitrogens with one attached hydrogen (secondary N) is 1. The molecule has 0 unspecified atom stereocenters. The molecule has 172 valence electrons. The van der Waals surface area contributed by atoms with E-state index in [0.717, 1.165) is 18.4 Å². The average molecular weight is 492 g/mol. The number of nitrogens with zero attached hydrogens (tertiary/aromatic N) is 2. The number of carbonyl (C=O) groups is 2. The van der Waals surface area contributed by atoms with Crippen LogP contribution in [0.15, 0.2) is 69.9 Å². The van der Waals surface area contributed by atoms with Gasteiger partial charge in [0, 0.05) is 5.69 Å². The Bertz CT molecular complexity index is 1440. The summed E-state index contributed by atoms with van der Waals surface area (Å²) in [6.45, 7) is 0. The Hall–Kier alpha value is -3.43. The minimum absolute atomic E-state index is 0.0497. The van der Waals surface area contributed by atoms with Crippen LogP contribution in [0, 0.1) is 0 Å². The molecule has 34 heavy (non-hydrogen) atoms. The number of thiophene rings is 1. The molecule has 1 amide bonds. The molecule has 2 aromatic carbocycles. The summed E-state index contributed by atoms with van der Waals surface area (Å²) in [5.41, 5.74) is 2.53. The summed E-state index contributed by atoms with van der Waals surface area (Å²) in [7, 11) is 1.31. The first-order valence-electron chi connectivity index (χ1n) is 10.8. The third-order valence-corrected chi connectivity index (χ3v) is 7.37. The molecule has 7 nitrogen and oxygen atoms in total. The van der Waals surface area contributed by atoms with Crippen molar-refractivity contribution in [2.75, 3.05) is 18.2 Å². The maximum absolute atomic E-state index is 13.6. The van der Waals surface area contributed by atoms with E-state index >= 15 is 0 Å². The molecule has 4 aromatic rings. The second kappa shape index (κ2) is 9.44. The highest BCUT2D eigenvalue weighted by Gasteiger charge is 2.29. The topological polar surface area (TPSA) is 90.3 Å². The van der Waals surface area contributed by atoms with Crippen LogP contribution in [0.1, 0.15) is 34.7 Å². The molecule has 0 saturated heterocycles. The van der Waals surface area contributed by atoms with Crippen LogP contribution < -0.4 is 10.9 Å². The van der Waals surface area contributed by atoms with E-state index in [9.17, 15) is 14.4 Å². The zero-order valence-corrected chi connectivity index (χ0v) is 19.9. The van der Waals surface area contributed by atoms with Crippen LogP contribution in [-0.4, -0.2) is 34.3 Å². The Morgan fingerprint density at radius 1 is 1.18 bits per heavy atom. The van der Waals surface area contributed by atoms with Crippen molar-refractivity contribution in [3.05, 3.63) is 81.5 Å². The van der Waals surface area contributed by atoms with Gasteiger partial charge in [0.25, 0.3) is 5.56 Å². The fourth-order valence-corrected chi connectivity index (χ4v) is 5.63. The van der Waals surface area contributed by atoms with Crippen LogP contribution in [0.2, 0.25) is 0 Å². The van der Waals surface area contributed by atoms with Gasteiger partial charge in [0.2, 0.25) is 5.91 Å². The Morgan fingerprint density at radius 2 is 1.97 bits per heavy atom. The first-order valence-corrected chi connectivity index (χ1v) is 12.6. The van der Waals surface area contributed by atoms with E-state index < -0.39 is 5.97 Å². The number of methoxy groups -OCH3 is 1. The Labute approximate surface area is 203 Å². The van der Waals surface area contributed by atoms with Gasteiger partial charge in [-0.3, -0.25) is 14.2 Å². The lowest BCUT2D eigenvalue weighted by Crippen LogP contribution is -2.23. The Balaban J connectivity index is 1.43. The molecule has 5 rings (SSSR count). The molecule has 1 aliphatic rings. The van der Waals surface area contributed by atoms with Gasteiger partial charge in [0.15, 0.2) is 5.16 Å². The fraction of sp³-hybridized carbons (Fsp3) is 0.200. The van der Waals surface area contributed by atoms with Crippen molar-refractivity contribution in [3.63, 3.8) is 0 Å². The van der Waals surface area contributed by atoms with E-state index in [-0.39, 0.29) is 17.2 Å². The average Bonchev–Trinajstić information content (AvgIpc) is 3.61. The summed E-state index contributed by atoms with van der Waals surface area (Å²) in [4.78, 5) is 43.5. The van der Waals surface area contributed by atoms with Crippen molar-refractivity contribution in [2.45, 2.75) is 23.9 Å². The molecule has 0 atom stereocenters. The van der Waals surface area contributed by atoms with Crippen LogP contribution >= 0.6 is 23.1 Å². The van der Waals surface area contributed by atoms with Gasteiger partial charge in [0.1, 0.15) is 4.83 Å². The minimum Gasteiger partial charge on any atom is -0.465 e. The van der Waals surface area contributed by atoms with Gasteiger partial charge in [-0.1, -0.05) is 36.0 Å². The molecule has 0 radical (unpaired) electrons. The summed E-state index contributed by atoms with van der Waals surface area (Å²) >= 11 is 2.68. The van der Waals surface area contributed by atoms with E-state index in [1.807, 2.05) is 35.7 Å². The largest absolute Gasteiger partial charge is 0.465 e. The summed E-state index contributed by atoms with van der Waals surface area (Å²) in [6.07, 6.45) is 2.20. The number of hydrogen-bond donors (Lipinski definition) is 1. The van der Waals surface area contributed by atoms with Gasteiger partial charge in [-0.15, -0.1) is 11.3 Å². The van der Waals surface area contributed by atoms with Crippen LogP contribution in [0.25, 0.3) is 15.9 Å². The lowest BCUT2D eigenvalue weighted by molar-refractivity contribution is -0.113. The highest BCUT2D eigenvalue weighted by Crippen LogP contribution is 2.44. The number of aromatic nitrogens is 2. The summed E-state index contributed by atoms with van der Waals surface area (Å²) in [5, 5.41) is 5.98. The molecule has 2 aromatic heterocycles. The maximum Gasteiger partial charge on any atom is 0.337 e. The van der Waals surface area contributed by atoms with E-state index in [0.29, 0.717) is 38.2 Å². The number of benzene rings is 2. The normalized spacial score (nSPS) is 13.1. The molecular weight excluding hydrogens is 470 g/mol. The number of anilines is 1. The predicted molar refractivity (Wildman–Crippen MR) is 134 cm³/mol. The summed E-state index contributed by atoms with van der Waals surface area (Å²) < 4.78 is 6.32. The van der Waals surface area contributed by atoms with E-state index in [1.165, 1.54) is 30.2 Å². The van der Waals surface area contributed by atoms with Crippen molar-refractivity contribution in [1.82, 2.24) is 9.55 Å². The molecule has 9 heteroatoms. The van der Waals surface area contributed by atoms with Crippen molar-refractivity contribution in [2.24, 2.45) is 0 Å². The monoisotopic (exact) mass is 491 g/mol. The van der Waals surface area contributed by atoms with Gasteiger partial charge in [0.05, 0.1) is 29.5 Å². The molecule has 1 aliphatic carbocycles. The van der Waals surface area contributed by atoms with Crippen LogP contribution in [-0.2, 0) is 9.53 Å². The quantitative estimate of drug-likeness (QED) is 0.226. The van der Waals surface area contributed by atoms with Crippen LogP contribution in [0.3, 0.4) is 0 Å². The number of hydrogen-bond acceptors (Lipinski definition) is 7. The Morgan fingerprint density at radius 3 is 2.71 bits per heavy atom. The number of fused-ring (bicyclic) bond motifs is 1. The van der Waals surface area contributed by atoms with Gasteiger partial charge in [-0.25, -0.2) is 9.78 Å². The second-order valence-corrected chi connectivity index (χ2v) is 9.73. The number of esters is 1. The van der Waals surface area contributed by atoms with Crippen molar-refractivity contribution in [1.29, 1.82) is 0 Å².